The fourth-order valence-corrected chi connectivity index (χ4v) is 5.19. The summed E-state index contributed by atoms with van der Waals surface area (Å²) in [5.41, 5.74) is 7.29. The second-order valence-electron chi connectivity index (χ2n) is 11.1. The summed E-state index contributed by atoms with van der Waals surface area (Å²) in [5, 5.41) is 20.2. The molecule has 4 aromatic rings. The van der Waals surface area contributed by atoms with E-state index in [1.807, 2.05) is 31.3 Å². The molecular weight excluding hydrogens is 464 g/mol. The molecule has 2 N–H and O–H groups in total. The Bertz CT molecular complexity index is 1480. The van der Waals surface area contributed by atoms with E-state index in [4.69, 9.17) is 19.8 Å². The molecule has 0 amide bonds. The minimum absolute atomic E-state index is 0.0408. The molecule has 37 heavy (non-hydrogen) atoms. The van der Waals surface area contributed by atoms with Crippen molar-refractivity contribution in [2.75, 3.05) is 6.61 Å². The Morgan fingerprint density at radius 2 is 1.89 bits per heavy atom. The van der Waals surface area contributed by atoms with Crippen molar-refractivity contribution < 1.29 is 19.7 Å². The van der Waals surface area contributed by atoms with Gasteiger partial charge in [0.15, 0.2) is 0 Å². The van der Waals surface area contributed by atoms with Crippen LogP contribution in [0.5, 0.6) is 5.75 Å². The van der Waals surface area contributed by atoms with Crippen molar-refractivity contribution in [3.05, 3.63) is 65.0 Å². The molecule has 1 saturated carbocycles. The molecule has 1 fully saturated rings. The molecule has 1 aliphatic heterocycles. The number of pyridine rings is 2. The molecule has 2 aliphatic rings. The molecule has 0 atom stereocenters. The van der Waals surface area contributed by atoms with Crippen LogP contribution >= 0.6 is 0 Å². The van der Waals surface area contributed by atoms with Crippen LogP contribution in [0.4, 0.5) is 0 Å². The summed E-state index contributed by atoms with van der Waals surface area (Å²) < 4.78 is 5.91. The maximum Gasteiger partial charge on any atom is 0.307 e. The molecule has 192 valence electrons. The van der Waals surface area contributed by atoms with Crippen molar-refractivity contribution in [2.24, 2.45) is 0 Å². The smallest absolute Gasteiger partial charge is 0.307 e. The van der Waals surface area contributed by atoms with Gasteiger partial charge in [-0.05, 0) is 93.1 Å². The predicted molar refractivity (Wildman–Crippen MR) is 146 cm³/mol. The molecule has 6 rings (SSSR count). The van der Waals surface area contributed by atoms with Crippen LogP contribution in [-0.2, 0) is 17.6 Å². The van der Waals surface area contributed by atoms with E-state index in [0.717, 1.165) is 61.9 Å². The zero-order valence-corrected chi connectivity index (χ0v) is 22.0. The molecule has 0 radical (unpaired) electrons. The van der Waals surface area contributed by atoms with Gasteiger partial charge in [-0.1, -0.05) is 12.5 Å². The molecule has 1 aliphatic carbocycles. The first-order valence-electron chi connectivity index (χ1n) is 13.0. The van der Waals surface area contributed by atoms with Crippen LogP contribution < -0.4 is 4.74 Å². The number of nitrogens with zero attached hydrogens (tertiary/aromatic N) is 2. The summed E-state index contributed by atoms with van der Waals surface area (Å²) in [6.07, 6.45) is 6.30. The van der Waals surface area contributed by atoms with E-state index < -0.39 is 11.6 Å². The highest BCUT2D eigenvalue weighted by Gasteiger charge is 2.24. The zero-order chi connectivity index (χ0) is 26.3. The summed E-state index contributed by atoms with van der Waals surface area (Å²) in [7, 11) is 0. The quantitative estimate of drug-likeness (QED) is 0.340. The van der Waals surface area contributed by atoms with Crippen LogP contribution in [0.3, 0.4) is 0 Å². The third-order valence-electron chi connectivity index (χ3n) is 7.04. The van der Waals surface area contributed by atoms with Gasteiger partial charge < -0.3 is 14.9 Å². The average Bonchev–Trinajstić information content (AvgIpc) is 2.78. The number of rotatable bonds is 4. The highest BCUT2D eigenvalue weighted by atomic mass is 16.5. The lowest BCUT2D eigenvalue weighted by Gasteiger charge is -2.25. The summed E-state index contributed by atoms with van der Waals surface area (Å²) in [6, 6.07) is 12.4. The third kappa shape index (κ3) is 5.16. The largest absolute Gasteiger partial charge is 0.493 e. The summed E-state index contributed by atoms with van der Waals surface area (Å²) >= 11 is 0. The van der Waals surface area contributed by atoms with Crippen molar-refractivity contribution in [1.29, 1.82) is 0 Å². The van der Waals surface area contributed by atoms with Gasteiger partial charge in [-0.3, -0.25) is 14.8 Å². The second kappa shape index (κ2) is 9.75. The van der Waals surface area contributed by atoms with E-state index in [2.05, 4.69) is 18.2 Å². The van der Waals surface area contributed by atoms with Crippen molar-refractivity contribution in [1.82, 2.24) is 9.97 Å². The highest BCUT2D eigenvalue weighted by molar-refractivity contribution is 6.07. The normalized spacial score (nSPS) is 15.1. The van der Waals surface area contributed by atoms with E-state index in [-0.39, 0.29) is 6.42 Å². The number of benzene rings is 2. The zero-order valence-electron chi connectivity index (χ0n) is 22.0. The number of hydrogen-bond acceptors (Lipinski definition) is 5. The highest BCUT2D eigenvalue weighted by Crippen LogP contribution is 2.43. The van der Waals surface area contributed by atoms with Crippen molar-refractivity contribution in [2.45, 2.75) is 71.3 Å². The second-order valence-corrected chi connectivity index (χ2v) is 11.1. The maximum absolute atomic E-state index is 11.8. The first-order valence-corrected chi connectivity index (χ1v) is 13.0. The summed E-state index contributed by atoms with van der Waals surface area (Å²) in [4.78, 5) is 21.6. The first-order chi connectivity index (χ1) is 17.6. The fraction of sp³-hybridized carbons (Fsp3) is 0.387. The maximum atomic E-state index is 11.8. The van der Waals surface area contributed by atoms with Gasteiger partial charge in [0.05, 0.1) is 29.7 Å². The van der Waals surface area contributed by atoms with Crippen molar-refractivity contribution in [3.8, 4) is 16.9 Å². The Labute approximate surface area is 217 Å². The van der Waals surface area contributed by atoms with E-state index >= 15 is 0 Å². The average molecular weight is 499 g/mol. The molecule has 6 nitrogen and oxygen atoms in total. The van der Waals surface area contributed by atoms with E-state index in [1.165, 1.54) is 24.8 Å². The van der Waals surface area contributed by atoms with Crippen LogP contribution in [0.1, 0.15) is 68.3 Å². The Morgan fingerprint density at radius 3 is 2.57 bits per heavy atom. The number of aromatic nitrogens is 2. The Balaban J connectivity index is 0.000000514. The molecule has 0 saturated heterocycles. The molecular formula is C31H34N2O4. The summed E-state index contributed by atoms with van der Waals surface area (Å²) in [5.74, 6) is 0.549. The third-order valence-corrected chi connectivity index (χ3v) is 7.04. The minimum Gasteiger partial charge on any atom is -0.493 e. The van der Waals surface area contributed by atoms with E-state index in [0.29, 0.717) is 12.5 Å². The van der Waals surface area contributed by atoms with E-state index in [9.17, 15) is 9.90 Å². The minimum atomic E-state index is -0.841. The molecule has 0 unspecified atom stereocenters. The Hall–Kier alpha value is -3.51. The van der Waals surface area contributed by atoms with Crippen molar-refractivity contribution >= 4 is 27.8 Å². The monoisotopic (exact) mass is 498 g/mol. The Kier molecular flexibility index (Phi) is 6.63. The number of carboxylic acid groups (broad SMARTS) is 1. The molecule has 2 aromatic carbocycles. The molecule has 3 heterocycles. The van der Waals surface area contributed by atoms with Crippen LogP contribution in [0.15, 0.2) is 42.6 Å². The number of carboxylic acids is 1. The van der Waals surface area contributed by atoms with Crippen molar-refractivity contribution in [3.63, 3.8) is 0 Å². The number of aryl methyl sites for hydroxylation is 1. The van der Waals surface area contributed by atoms with Gasteiger partial charge in [-0.15, -0.1) is 0 Å². The van der Waals surface area contributed by atoms with Gasteiger partial charge >= 0.3 is 5.97 Å². The lowest BCUT2D eigenvalue weighted by molar-refractivity contribution is -0.136. The molecule has 6 heteroatoms. The number of hydrogen-bond donors (Lipinski definition) is 2. The standard InChI is InChI=1S/C27H24N2O3.C4H10O/c1-15-13-22-18(5-7-21(29-22)16-3-2-4-16)26(20(15)14-24(30)31)19-6-8-23-25-17(10-12-32-23)9-11-28-27(19)25;1-4(2,3)5/h5-9,11,13,16H,2-4,10,12,14H2,1H3,(H,30,31);5H,1-3H3. The van der Waals surface area contributed by atoms with Crippen LogP contribution in [0.25, 0.3) is 32.9 Å². The number of aliphatic carboxylic acids is 1. The molecule has 0 bridgehead atoms. The van der Waals surface area contributed by atoms with Gasteiger partial charge in [0, 0.05) is 40.6 Å². The van der Waals surface area contributed by atoms with Gasteiger partial charge in [0.25, 0.3) is 0 Å². The molecule has 0 spiro atoms. The SMILES string of the molecule is CC(C)(C)O.Cc1cc2nc(C3CCC3)ccc2c(-c2ccc3c4c(ccnc24)CCO3)c1CC(=O)O. The van der Waals surface area contributed by atoms with Crippen LogP contribution in [-0.4, -0.2) is 38.4 Å². The number of aliphatic hydroxyl groups is 1. The van der Waals surface area contributed by atoms with Gasteiger partial charge in [0.1, 0.15) is 5.75 Å². The van der Waals surface area contributed by atoms with Gasteiger partial charge in [-0.2, -0.15) is 0 Å². The van der Waals surface area contributed by atoms with Crippen LogP contribution in [0, 0.1) is 6.92 Å². The van der Waals surface area contributed by atoms with Gasteiger partial charge in [-0.25, -0.2) is 0 Å². The van der Waals surface area contributed by atoms with Crippen LogP contribution in [0.2, 0.25) is 0 Å². The molecule has 2 aromatic heterocycles. The fourth-order valence-electron chi connectivity index (χ4n) is 5.19. The number of fused-ring (bicyclic) bond motifs is 1. The number of carbonyl (C=O) groups is 1. The topological polar surface area (TPSA) is 92.5 Å². The summed E-state index contributed by atoms with van der Waals surface area (Å²) in [6.45, 7) is 7.88. The number of ether oxygens (including phenoxy) is 1. The first kappa shape index (κ1) is 25.2. The lowest BCUT2D eigenvalue weighted by Crippen LogP contribution is -2.11. The Morgan fingerprint density at radius 1 is 1.14 bits per heavy atom. The predicted octanol–water partition coefficient (Wildman–Crippen LogP) is 6.37. The lowest BCUT2D eigenvalue weighted by atomic mass is 9.82. The van der Waals surface area contributed by atoms with E-state index in [1.54, 1.807) is 20.8 Å². The van der Waals surface area contributed by atoms with Gasteiger partial charge in [0.2, 0.25) is 0 Å².